The van der Waals surface area contributed by atoms with Gasteiger partial charge in [-0.1, -0.05) is 6.07 Å². The van der Waals surface area contributed by atoms with Crippen LogP contribution in [0.3, 0.4) is 0 Å². The van der Waals surface area contributed by atoms with Gasteiger partial charge in [-0.3, -0.25) is 4.79 Å². The molecule has 0 bridgehead atoms. The average molecular weight is 275 g/mol. The van der Waals surface area contributed by atoms with Gasteiger partial charge in [0, 0.05) is 24.5 Å². The number of carbonyl (C=O) groups excluding carboxylic acids is 1. The molecule has 108 valence electrons. The number of rotatable bonds is 5. The lowest BCUT2D eigenvalue weighted by atomic mass is 10.2. The third-order valence-corrected chi connectivity index (χ3v) is 3.25. The molecule has 0 aliphatic rings. The zero-order chi connectivity index (χ0) is 14.7. The number of aliphatic hydroxyl groups excluding tert-OH is 1. The molecule has 1 unspecified atom stereocenters. The molecule has 20 heavy (non-hydrogen) atoms. The molecule has 2 rings (SSSR count). The van der Waals surface area contributed by atoms with E-state index in [1.807, 2.05) is 60.9 Å². The second-order valence-electron chi connectivity index (χ2n) is 5.33. The van der Waals surface area contributed by atoms with Crippen LogP contribution in [0.15, 0.2) is 30.6 Å². The Bertz CT molecular complexity index is 604. The normalized spacial score (nSPS) is 12.8. The second kappa shape index (κ2) is 6.07. The average Bonchev–Trinajstić information content (AvgIpc) is 2.83. The number of aliphatic hydroxyl groups is 1. The highest BCUT2D eigenvalue weighted by Crippen LogP contribution is 2.14. The predicted octanol–water partition coefficient (Wildman–Crippen LogP) is 0.900. The van der Waals surface area contributed by atoms with Gasteiger partial charge in [-0.25, -0.2) is 0 Å². The zero-order valence-electron chi connectivity index (χ0n) is 12.1. The van der Waals surface area contributed by atoms with Crippen molar-refractivity contribution < 1.29 is 9.90 Å². The van der Waals surface area contributed by atoms with E-state index in [0.717, 1.165) is 11.1 Å². The highest BCUT2D eigenvalue weighted by atomic mass is 16.3. The summed E-state index contributed by atoms with van der Waals surface area (Å²) in [5.74, 6) is -0.158. The molecule has 0 radical (unpaired) electrons. The molecule has 1 amide bonds. The first-order valence-corrected chi connectivity index (χ1v) is 6.65. The first-order chi connectivity index (χ1) is 9.51. The Labute approximate surface area is 118 Å². The van der Waals surface area contributed by atoms with Crippen molar-refractivity contribution in [3.8, 4) is 0 Å². The number of carbonyl (C=O) groups is 1. The standard InChI is InChI=1S/C15H21N3O2/c1-11-5-4-6-18-8-12(7-14(11)18)15(20)16-13(10-19)9-17(2)3/h4-8,13,19H,9-10H2,1-3H3,(H,16,20). The fourth-order valence-corrected chi connectivity index (χ4v) is 2.27. The molecule has 2 N–H and O–H groups in total. The Balaban J connectivity index is 2.16. The Hall–Kier alpha value is -1.85. The molecule has 2 aromatic heterocycles. The number of aryl methyl sites for hydroxylation is 1. The fourth-order valence-electron chi connectivity index (χ4n) is 2.27. The van der Waals surface area contributed by atoms with Crippen molar-refractivity contribution in [2.45, 2.75) is 13.0 Å². The van der Waals surface area contributed by atoms with Crippen LogP contribution in [-0.4, -0.2) is 53.6 Å². The smallest absolute Gasteiger partial charge is 0.253 e. The Kier molecular flexibility index (Phi) is 4.42. The van der Waals surface area contributed by atoms with E-state index in [4.69, 9.17) is 0 Å². The minimum Gasteiger partial charge on any atom is -0.394 e. The molecule has 0 saturated carbocycles. The number of hydrogen-bond donors (Lipinski definition) is 2. The topological polar surface area (TPSA) is 57.0 Å². The van der Waals surface area contributed by atoms with E-state index < -0.39 is 0 Å². The van der Waals surface area contributed by atoms with Gasteiger partial charge in [0.2, 0.25) is 0 Å². The third kappa shape index (κ3) is 3.18. The highest BCUT2D eigenvalue weighted by Gasteiger charge is 2.15. The van der Waals surface area contributed by atoms with Crippen LogP contribution in [0, 0.1) is 6.92 Å². The fraction of sp³-hybridized carbons (Fsp3) is 0.400. The van der Waals surface area contributed by atoms with Crippen LogP contribution in [-0.2, 0) is 0 Å². The van der Waals surface area contributed by atoms with Gasteiger partial charge in [-0.05, 0) is 38.7 Å². The van der Waals surface area contributed by atoms with Crippen molar-refractivity contribution >= 4 is 11.4 Å². The van der Waals surface area contributed by atoms with Crippen molar-refractivity contribution in [2.75, 3.05) is 27.2 Å². The maximum Gasteiger partial charge on any atom is 0.253 e. The Morgan fingerprint density at radius 2 is 2.25 bits per heavy atom. The molecular formula is C15H21N3O2. The SMILES string of the molecule is Cc1cccn2cc(C(=O)NC(CO)CN(C)C)cc12. The van der Waals surface area contributed by atoms with Gasteiger partial charge in [0.15, 0.2) is 0 Å². The van der Waals surface area contributed by atoms with Gasteiger partial charge in [-0.2, -0.15) is 0 Å². The largest absolute Gasteiger partial charge is 0.394 e. The maximum absolute atomic E-state index is 12.2. The van der Waals surface area contributed by atoms with Crippen LogP contribution in [0.5, 0.6) is 0 Å². The summed E-state index contributed by atoms with van der Waals surface area (Å²) in [5, 5.41) is 12.2. The molecule has 0 saturated heterocycles. The van der Waals surface area contributed by atoms with Gasteiger partial charge in [0.05, 0.1) is 18.2 Å². The lowest BCUT2D eigenvalue weighted by molar-refractivity contribution is 0.0905. The quantitative estimate of drug-likeness (QED) is 0.852. The lowest BCUT2D eigenvalue weighted by Gasteiger charge is -2.19. The van der Waals surface area contributed by atoms with E-state index in [-0.39, 0.29) is 18.6 Å². The van der Waals surface area contributed by atoms with Crippen LogP contribution in [0.2, 0.25) is 0 Å². The monoisotopic (exact) mass is 275 g/mol. The first-order valence-electron chi connectivity index (χ1n) is 6.65. The first kappa shape index (κ1) is 14.6. The van der Waals surface area contributed by atoms with Gasteiger partial charge in [0.1, 0.15) is 0 Å². The minimum atomic E-state index is -0.262. The van der Waals surface area contributed by atoms with Crippen LogP contribution < -0.4 is 5.32 Å². The van der Waals surface area contributed by atoms with E-state index in [9.17, 15) is 9.90 Å². The summed E-state index contributed by atoms with van der Waals surface area (Å²) in [5.41, 5.74) is 2.75. The van der Waals surface area contributed by atoms with Crippen LogP contribution in [0.4, 0.5) is 0 Å². The van der Waals surface area contributed by atoms with Crippen LogP contribution in [0.1, 0.15) is 15.9 Å². The van der Waals surface area contributed by atoms with Crippen molar-refractivity contribution in [3.63, 3.8) is 0 Å². The van der Waals surface area contributed by atoms with E-state index in [1.54, 1.807) is 0 Å². The molecular weight excluding hydrogens is 254 g/mol. The van der Waals surface area contributed by atoms with Crippen molar-refractivity contribution in [1.82, 2.24) is 14.6 Å². The molecule has 2 heterocycles. The second-order valence-corrected chi connectivity index (χ2v) is 5.33. The van der Waals surface area contributed by atoms with Crippen molar-refractivity contribution in [1.29, 1.82) is 0 Å². The Morgan fingerprint density at radius 1 is 1.50 bits per heavy atom. The highest BCUT2D eigenvalue weighted by molar-refractivity contribution is 5.96. The molecule has 1 atom stereocenters. The molecule has 0 fully saturated rings. The number of amides is 1. The number of fused-ring (bicyclic) bond motifs is 1. The Morgan fingerprint density at radius 3 is 2.85 bits per heavy atom. The summed E-state index contributed by atoms with van der Waals surface area (Å²) in [6, 6.07) is 5.57. The number of aromatic nitrogens is 1. The molecule has 5 nitrogen and oxygen atoms in total. The van der Waals surface area contributed by atoms with Gasteiger partial charge in [0.25, 0.3) is 5.91 Å². The van der Waals surface area contributed by atoms with Crippen LogP contribution in [0.25, 0.3) is 5.52 Å². The minimum absolute atomic E-state index is 0.0731. The number of likely N-dealkylation sites (N-methyl/N-ethyl adjacent to an activating group) is 1. The number of nitrogens with one attached hydrogen (secondary N) is 1. The summed E-state index contributed by atoms with van der Waals surface area (Å²) in [6.45, 7) is 2.55. The number of hydrogen-bond acceptors (Lipinski definition) is 3. The third-order valence-electron chi connectivity index (χ3n) is 3.25. The number of nitrogens with zero attached hydrogens (tertiary/aromatic N) is 2. The van der Waals surface area contributed by atoms with Gasteiger partial charge < -0.3 is 19.7 Å². The van der Waals surface area contributed by atoms with Crippen molar-refractivity contribution in [2.24, 2.45) is 0 Å². The van der Waals surface area contributed by atoms with Gasteiger partial charge in [-0.15, -0.1) is 0 Å². The molecule has 0 aliphatic carbocycles. The maximum atomic E-state index is 12.2. The van der Waals surface area contributed by atoms with E-state index in [1.165, 1.54) is 0 Å². The van der Waals surface area contributed by atoms with E-state index in [2.05, 4.69) is 5.32 Å². The summed E-state index contributed by atoms with van der Waals surface area (Å²) in [6.07, 6.45) is 3.73. The molecule has 5 heteroatoms. The molecule has 0 spiro atoms. The molecule has 2 aromatic rings. The lowest BCUT2D eigenvalue weighted by Crippen LogP contribution is -2.44. The van der Waals surface area contributed by atoms with Crippen LogP contribution >= 0.6 is 0 Å². The summed E-state index contributed by atoms with van der Waals surface area (Å²) in [7, 11) is 3.82. The van der Waals surface area contributed by atoms with Crippen molar-refractivity contribution in [3.05, 3.63) is 41.7 Å². The number of pyridine rings is 1. The van der Waals surface area contributed by atoms with Gasteiger partial charge >= 0.3 is 0 Å². The summed E-state index contributed by atoms with van der Waals surface area (Å²) < 4.78 is 1.93. The zero-order valence-corrected chi connectivity index (χ0v) is 12.1. The molecule has 0 aliphatic heterocycles. The van der Waals surface area contributed by atoms with E-state index in [0.29, 0.717) is 12.1 Å². The summed E-state index contributed by atoms with van der Waals surface area (Å²) in [4.78, 5) is 14.2. The summed E-state index contributed by atoms with van der Waals surface area (Å²) >= 11 is 0. The van der Waals surface area contributed by atoms with E-state index >= 15 is 0 Å². The predicted molar refractivity (Wildman–Crippen MR) is 79.0 cm³/mol. The molecule has 0 aromatic carbocycles.